The number of hydrogen-bond acceptors (Lipinski definition) is 3. The van der Waals surface area contributed by atoms with Gasteiger partial charge in [0.25, 0.3) is 0 Å². The Labute approximate surface area is 136 Å². The minimum absolute atomic E-state index is 1.12. The zero-order valence-corrected chi connectivity index (χ0v) is 14.0. The maximum absolute atomic E-state index is 3.60. The molecule has 0 fully saturated rings. The Bertz CT molecular complexity index is 576. The zero-order chi connectivity index (χ0) is 15.0. The molecule has 0 heterocycles. The Balaban J connectivity index is 1.75. The number of benzene rings is 3. The molecule has 0 atom stereocenters. The Morgan fingerprint density at radius 2 is 0.682 bits per heavy atom. The van der Waals surface area contributed by atoms with E-state index in [0.29, 0.717) is 0 Å². The normalized spacial score (nSPS) is 10.2. The van der Waals surface area contributed by atoms with E-state index in [0.717, 1.165) is 17.1 Å². The van der Waals surface area contributed by atoms with E-state index in [9.17, 15) is 0 Å². The molecule has 0 unspecified atom stereocenters. The van der Waals surface area contributed by atoms with Gasteiger partial charge in [0.2, 0.25) is 0 Å². The predicted molar refractivity (Wildman–Crippen MR) is 95.9 cm³/mol. The molecule has 0 bridgehead atoms. The van der Waals surface area contributed by atoms with Crippen LogP contribution in [0.1, 0.15) is 0 Å². The number of nitrogens with one attached hydrogen (secondary N) is 3. The summed E-state index contributed by atoms with van der Waals surface area (Å²) in [4.78, 5) is 0. The molecule has 0 amide bonds. The van der Waals surface area contributed by atoms with E-state index in [-0.39, 0.29) is 0 Å². The van der Waals surface area contributed by atoms with Gasteiger partial charge in [-0.15, -0.1) is 0 Å². The van der Waals surface area contributed by atoms with Gasteiger partial charge in [-0.3, -0.25) is 0 Å². The molecule has 0 aliphatic rings. The van der Waals surface area contributed by atoms with Crippen LogP contribution in [-0.2, 0) is 0 Å². The van der Waals surface area contributed by atoms with Gasteiger partial charge in [-0.2, -0.15) is 0 Å². The van der Waals surface area contributed by atoms with Crippen LogP contribution in [0.5, 0.6) is 0 Å². The van der Waals surface area contributed by atoms with Gasteiger partial charge in [-0.25, -0.2) is 0 Å². The fraction of sp³-hybridized carbons (Fsp3) is 0. The van der Waals surface area contributed by atoms with E-state index >= 15 is 0 Å². The Kier molecular flexibility index (Phi) is 5.01. The van der Waals surface area contributed by atoms with Crippen LogP contribution in [0.4, 0.5) is 17.1 Å². The Morgan fingerprint density at radius 1 is 0.409 bits per heavy atom. The van der Waals surface area contributed by atoms with Crippen molar-refractivity contribution in [3.63, 3.8) is 0 Å². The molecule has 110 valence electrons. The van der Waals surface area contributed by atoms with Crippen LogP contribution in [0.25, 0.3) is 0 Å². The summed E-state index contributed by atoms with van der Waals surface area (Å²) >= 11 is -1.74. The minimum atomic E-state index is -1.74. The van der Waals surface area contributed by atoms with Gasteiger partial charge in [-0.05, 0) is 0 Å². The summed E-state index contributed by atoms with van der Waals surface area (Å²) in [6.45, 7) is 0. The van der Waals surface area contributed by atoms with Crippen molar-refractivity contribution in [2.45, 2.75) is 0 Å². The average Bonchev–Trinajstić information content (AvgIpc) is 2.57. The van der Waals surface area contributed by atoms with Gasteiger partial charge in [-0.1, -0.05) is 0 Å². The second kappa shape index (κ2) is 7.58. The molecular weight excluding hydrogens is 333 g/mol. The Hall–Kier alpha value is -2.38. The maximum atomic E-state index is 3.60. The van der Waals surface area contributed by atoms with E-state index in [1.807, 2.05) is 54.6 Å². The third kappa shape index (κ3) is 4.31. The molecule has 3 aromatic rings. The fourth-order valence-electron chi connectivity index (χ4n) is 2.01. The van der Waals surface area contributed by atoms with Crippen molar-refractivity contribution in [2.75, 3.05) is 12.7 Å². The molecular formula is C18H18AsN3. The van der Waals surface area contributed by atoms with Crippen molar-refractivity contribution in [1.29, 1.82) is 0 Å². The molecule has 22 heavy (non-hydrogen) atoms. The van der Waals surface area contributed by atoms with Crippen molar-refractivity contribution < 1.29 is 0 Å². The Morgan fingerprint density at radius 3 is 0.955 bits per heavy atom. The molecule has 0 aliphatic heterocycles. The molecule has 0 aliphatic carbocycles. The van der Waals surface area contributed by atoms with Crippen LogP contribution in [0.2, 0.25) is 0 Å². The first kappa shape index (κ1) is 14.6. The van der Waals surface area contributed by atoms with E-state index in [1.54, 1.807) is 0 Å². The molecule has 0 aromatic heterocycles. The predicted octanol–water partition coefficient (Wildman–Crippen LogP) is 4.31. The average molecular weight is 351 g/mol. The van der Waals surface area contributed by atoms with Crippen molar-refractivity contribution in [1.82, 2.24) is 0 Å². The van der Waals surface area contributed by atoms with Gasteiger partial charge in [0.1, 0.15) is 0 Å². The first-order valence-corrected chi connectivity index (χ1v) is 9.97. The molecule has 0 radical (unpaired) electrons. The van der Waals surface area contributed by atoms with Gasteiger partial charge >= 0.3 is 136 Å². The molecule has 3 nitrogen and oxygen atoms in total. The number of para-hydroxylation sites is 3. The molecule has 0 spiro atoms. The topological polar surface area (TPSA) is 36.1 Å². The van der Waals surface area contributed by atoms with Gasteiger partial charge in [0.05, 0.1) is 0 Å². The van der Waals surface area contributed by atoms with Gasteiger partial charge in [0, 0.05) is 0 Å². The summed E-state index contributed by atoms with van der Waals surface area (Å²) in [6, 6.07) is 30.8. The summed E-state index contributed by atoms with van der Waals surface area (Å²) in [5.41, 5.74) is 3.36. The first-order valence-electron chi connectivity index (χ1n) is 7.15. The van der Waals surface area contributed by atoms with Crippen LogP contribution in [0.15, 0.2) is 91.0 Å². The van der Waals surface area contributed by atoms with Crippen molar-refractivity contribution >= 4 is 32.4 Å². The summed E-state index contributed by atoms with van der Waals surface area (Å²) in [7, 11) is 0. The first-order chi connectivity index (χ1) is 10.9. The van der Waals surface area contributed by atoms with Crippen LogP contribution in [0.3, 0.4) is 0 Å². The third-order valence-electron chi connectivity index (χ3n) is 3.04. The second-order valence-electron chi connectivity index (χ2n) is 4.77. The molecule has 3 rings (SSSR count). The molecule has 3 aromatic carbocycles. The fourth-order valence-corrected chi connectivity index (χ4v) is 4.92. The van der Waals surface area contributed by atoms with Crippen LogP contribution in [-0.4, -0.2) is 15.3 Å². The molecule has 4 heteroatoms. The van der Waals surface area contributed by atoms with E-state index < -0.39 is 15.3 Å². The summed E-state index contributed by atoms with van der Waals surface area (Å²) in [5, 5.41) is 0. The van der Waals surface area contributed by atoms with Crippen molar-refractivity contribution in [3.8, 4) is 0 Å². The zero-order valence-electron chi connectivity index (χ0n) is 12.1. The second-order valence-corrected chi connectivity index (χ2v) is 7.58. The SMILES string of the molecule is c1ccc(N[As](Nc2ccccc2)Nc2ccccc2)cc1. The van der Waals surface area contributed by atoms with Crippen molar-refractivity contribution in [3.05, 3.63) is 91.0 Å². The monoisotopic (exact) mass is 351 g/mol. The van der Waals surface area contributed by atoms with E-state index in [4.69, 9.17) is 0 Å². The molecule has 0 saturated carbocycles. The summed E-state index contributed by atoms with van der Waals surface area (Å²) in [5.74, 6) is 0. The van der Waals surface area contributed by atoms with Crippen LogP contribution in [0, 0.1) is 0 Å². The van der Waals surface area contributed by atoms with E-state index in [1.165, 1.54) is 0 Å². The molecule has 3 N–H and O–H groups in total. The number of rotatable bonds is 6. The van der Waals surface area contributed by atoms with Gasteiger partial charge < -0.3 is 0 Å². The van der Waals surface area contributed by atoms with Crippen molar-refractivity contribution in [2.24, 2.45) is 0 Å². The molecule has 0 saturated heterocycles. The number of hydrogen-bond donors (Lipinski definition) is 3. The van der Waals surface area contributed by atoms with E-state index in [2.05, 4.69) is 49.1 Å². The summed E-state index contributed by atoms with van der Waals surface area (Å²) < 4.78 is 10.8. The van der Waals surface area contributed by atoms with Gasteiger partial charge in [0.15, 0.2) is 0 Å². The van der Waals surface area contributed by atoms with Crippen LogP contribution < -0.4 is 12.7 Å². The standard InChI is InChI=1S/C18H18AsN3/c1-4-10-16(11-5-1)20-19(21-17-12-6-2-7-13-17)22-18-14-8-3-9-15-18/h1-15,20-22H. The third-order valence-corrected chi connectivity index (χ3v) is 6.08. The van der Waals surface area contributed by atoms with Crippen LogP contribution >= 0.6 is 0 Å². The quantitative estimate of drug-likeness (QED) is 0.579. The summed E-state index contributed by atoms with van der Waals surface area (Å²) in [6.07, 6.45) is 0. The number of anilines is 3.